The number of anilines is 2. The average molecular weight is 358 g/mol. The fourth-order valence-corrected chi connectivity index (χ4v) is 3.27. The monoisotopic (exact) mass is 358 g/mol. The predicted octanol–water partition coefficient (Wildman–Crippen LogP) is 4.03. The molecule has 0 fully saturated rings. The summed E-state index contributed by atoms with van der Waals surface area (Å²) >= 11 is 0. The van der Waals surface area contributed by atoms with Crippen LogP contribution >= 0.6 is 0 Å². The van der Waals surface area contributed by atoms with Crippen LogP contribution in [-0.2, 0) is 16.6 Å². The number of hydrogen-bond acceptors (Lipinski definition) is 4. The van der Waals surface area contributed by atoms with Crippen LogP contribution in [0.5, 0.6) is 0 Å². The molecule has 0 saturated carbocycles. The Morgan fingerprint density at radius 2 is 1.85 bits per heavy atom. The van der Waals surface area contributed by atoms with Gasteiger partial charge in [-0.3, -0.25) is 4.79 Å². The third kappa shape index (κ3) is 3.67. The third-order valence-corrected chi connectivity index (χ3v) is 4.96. The van der Waals surface area contributed by atoms with E-state index < -0.39 is 0 Å². The Morgan fingerprint density at radius 3 is 2.59 bits per heavy atom. The highest BCUT2D eigenvalue weighted by atomic mass is 16.1. The van der Waals surface area contributed by atoms with Crippen molar-refractivity contribution in [2.75, 3.05) is 17.2 Å². The molecule has 4 rings (SSSR count). The lowest BCUT2D eigenvalue weighted by atomic mass is 9.85. The van der Waals surface area contributed by atoms with Crippen molar-refractivity contribution < 1.29 is 4.79 Å². The number of nitrogens with zero attached hydrogens (tertiary/aromatic N) is 2. The molecule has 1 aliphatic rings. The Labute approximate surface area is 158 Å². The summed E-state index contributed by atoms with van der Waals surface area (Å²) < 4.78 is 0. The van der Waals surface area contributed by atoms with Crippen LogP contribution in [0.3, 0.4) is 0 Å². The minimum absolute atomic E-state index is 0.0128. The number of carbonyl (C=O) groups is 1. The molecule has 1 amide bonds. The number of carbonyl (C=O) groups excluding carboxylic acids is 1. The SMILES string of the molecule is CC(C)(CNc1ccc(-c2ccc3c(c2)CC(=O)N3)nn1)c1ccccc1. The highest BCUT2D eigenvalue weighted by Gasteiger charge is 2.20. The van der Waals surface area contributed by atoms with E-state index in [0.717, 1.165) is 34.9 Å². The summed E-state index contributed by atoms with van der Waals surface area (Å²) in [5.74, 6) is 0.787. The molecule has 0 radical (unpaired) electrons. The quantitative estimate of drug-likeness (QED) is 0.723. The van der Waals surface area contributed by atoms with Crippen molar-refractivity contribution in [3.63, 3.8) is 0 Å². The second kappa shape index (κ2) is 6.83. The molecule has 1 aliphatic heterocycles. The van der Waals surface area contributed by atoms with Gasteiger partial charge in [0.15, 0.2) is 0 Å². The first kappa shape index (κ1) is 17.2. The highest BCUT2D eigenvalue weighted by molar-refractivity contribution is 5.99. The van der Waals surface area contributed by atoms with Gasteiger partial charge in [0, 0.05) is 23.2 Å². The summed E-state index contributed by atoms with van der Waals surface area (Å²) in [6, 6.07) is 20.2. The topological polar surface area (TPSA) is 66.9 Å². The van der Waals surface area contributed by atoms with Crippen molar-refractivity contribution in [2.45, 2.75) is 25.7 Å². The molecule has 1 aromatic heterocycles. The van der Waals surface area contributed by atoms with Gasteiger partial charge >= 0.3 is 0 Å². The van der Waals surface area contributed by atoms with Gasteiger partial charge in [-0.25, -0.2) is 0 Å². The van der Waals surface area contributed by atoms with Crippen LogP contribution in [0.1, 0.15) is 25.0 Å². The lowest BCUT2D eigenvalue weighted by Crippen LogP contribution is -2.27. The van der Waals surface area contributed by atoms with Crippen LogP contribution in [0.15, 0.2) is 60.7 Å². The molecule has 2 N–H and O–H groups in total. The molecular weight excluding hydrogens is 336 g/mol. The Balaban J connectivity index is 1.45. The number of fused-ring (bicyclic) bond motifs is 1. The van der Waals surface area contributed by atoms with Gasteiger partial charge in [-0.05, 0) is 35.4 Å². The molecule has 2 aromatic carbocycles. The van der Waals surface area contributed by atoms with Crippen LogP contribution in [0.25, 0.3) is 11.3 Å². The molecule has 0 spiro atoms. The maximum atomic E-state index is 11.5. The molecule has 0 atom stereocenters. The summed E-state index contributed by atoms with van der Waals surface area (Å²) in [6.45, 7) is 5.17. The van der Waals surface area contributed by atoms with Crippen LogP contribution in [-0.4, -0.2) is 22.6 Å². The lowest BCUT2D eigenvalue weighted by molar-refractivity contribution is -0.115. The van der Waals surface area contributed by atoms with Crippen molar-refractivity contribution in [2.24, 2.45) is 0 Å². The Kier molecular flexibility index (Phi) is 4.36. The zero-order valence-corrected chi connectivity index (χ0v) is 15.5. The van der Waals surface area contributed by atoms with Crippen LogP contribution in [0.2, 0.25) is 0 Å². The molecule has 5 heteroatoms. The molecule has 0 unspecified atom stereocenters. The van der Waals surface area contributed by atoms with E-state index in [-0.39, 0.29) is 11.3 Å². The van der Waals surface area contributed by atoms with Gasteiger partial charge in [-0.2, -0.15) is 0 Å². The van der Waals surface area contributed by atoms with Crippen LogP contribution in [0.4, 0.5) is 11.5 Å². The summed E-state index contributed by atoms with van der Waals surface area (Å²) in [5.41, 5.74) is 4.92. The van der Waals surface area contributed by atoms with E-state index in [0.29, 0.717) is 6.42 Å². The summed E-state index contributed by atoms with van der Waals surface area (Å²) in [7, 11) is 0. The largest absolute Gasteiger partial charge is 0.368 e. The van der Waals surface area contributed by atoms with E-state index >= 15 is 0 Å². The number of benzene rings is 2. The molecule has 0 aliphatic carbocycles. The third-order valence-electron chi connectivity index (χ3n) is 4.96. The first-order valence-corrected chi connectivity index (χ1v) is 9.07. The Hall–Kier alpha value is -3.21. The predicted molar refractivity (Wildman–Crippen MR) is 108 cm³/mol. The van der Waals surface area contributed by atoms with E-state index in [1.807, 2.05) is 36.4 Å². The molecule has 0 saturated heterocycles. The summed E-state index contributed by atoms with van der Waals surface area (Å²) in [6.07, 6.45) is 0.421. The van der Waals surface area contributed by atoms with Crippen molar-refractivity contribution in [3.05, 3.63) is 71.8 Å². The van der Waals surface area contributed by atoms with Crippen molar-refractivity contribution in [3.8, 4) is 11.3 Å². The number of hydrogen-bond donors (Lipinski definition) is 2. The Bertz CT molecular complexity index is 965. The van der Waals surface area contributed by atoms with E-state index in [9.17, 15) is 4.79 Å². The fourth-order valence-electron chi connectivity index (χ4n) is 3.27. The number of aromatic nitrogens is 2. The normalized spacial score (nSPS) is 13.2. The molecule has 3 aromatic rings. The molecule has 27 heavy (non-hydrogen) atoms. The van der Waals surface area contributed by atoms with Gasteiger partial charge in [0.2, 0.25) is 5.91 Å². The smallest absolute Gasteiger partial charge is 0.228 e. The first-order chi connectivity index (χ1) is 13.0. The fraction of sp³-hybridized carbons (Fsp3) is 0.227. The molecule has 5 nitrogen and oxygen atoms in total. The van der Waals surface area contributed by atoms with Crippen LogP contribution < -0.4 is 10.6 Å². The van der Waals surface area contributed by atoms with E-state index in [1.165, 1.54) is 5.56 Å². The van der Waals surface area contributed by atoms with Gasteiger partial charge in [-0.1, -0.05) is 50.2 Å². The standard InChI is InChI=1S/C22H22N4O/c1-22(2,17-6-4-3-5-7-17)14-23-20-11-10-19(25-26-20)15-8-9-18-16(12-15)13-21(27)24-18/h3-12H,13-14H2,1-2H3,(H,23,26)(H,24,27). The number of rotatable bonds is 5. The zero-order valence-electron chi connectivity index (χ0n) is 15.5. The first-order valence-electron chi connectivity index (χ1n) is 9.07. The van der Waals surface area contributed by atoms with Gasteiger partial charge < -0.3 is 10.6 Å². The maximum absolute atomic E-state index is 11.5. The molecule has 0 bridgehead atoms. The minimum atomic E-state index is -0.0128. The van der Waals surface area contributed by atoms with Gasteiger partial charge in [0.05, 0.1) is 12.1 Å². The van der Waals surface area contributed by atoms with Crippen molar-refractivity contribution >= 4 is 17.4 Å². The average Bonchev–Trinajstić information content (AvgIpc) is 3.07. The number of amides is 1. The van der Waals surface area contributed by atoms with Gasteiger partial charge in [0.25, 0.3) is 0 Å². The highest BCUT2D eigenvalue weighted by Crippen LogP contribution is 2.28. The van der Waals surface area contributed by atoms with Gasteiger partial charge in [0.1, 0.15) is 5.82 Å². The summed E-state index contributed by atoms with van der Waals surface area (Å²) in [4.78, 5) is 11.5. The summed E-state index contributed by atoms with van der Waals surface area (Å²) in [5, 5.41) is 14.9. The van der Waals surface area contributed by atoms with Crippen molar-refractivity contribution in [1.82, 2.24) is 10.2 Å². The minimum Gasteiger partial charge on any atom is -0.368 e. The molecule has 2 heterocycles. The zero-order chi connectivity index (χ0) is 18.9. The van der Waals surface area contributed by atoms with Crippen molar-refractivity contribution in [1.29, 1.82) is 0 Å². The molecular formula is C22H22N4O. The lowest BCUT2D eigenvalue weighted by Gasteiger charge is -2.25. The van der Waals surface area contributed by atoms with Gasteiger partial charge in [-0.15, -0.1) is 10.2 Å². The van der Waals surface area contributed by atoms with E-state index in [2.05, 4.69) is 58.9 Å². The Morgan fingerprint density at radius 1 is 1.04 bits per heavy atom. The van der Waals surface area contributed by atoms with E-state index in [4.69, 9.17) is 0 Å². The second-order valence-corrected chi connectivity index (χ2v) is 7.50. The molecule has 136 valence electrons. The van der Waals surface area contributed by atoms with E-state index in [1.54, 1.807) is 0 Å². The maximum Gasteiger partial charge on any atom is 0.228 e. The number of nitrogens with one attached hydrogen (secondary N) is 2. The van der Waals surface area contributed by atoms with Crippen LogP contribution in [0, 0.1) is 0 Å². The second-order valence-electron chi connectivity index (χ2n) is 7.50.